The molecule has 1 unspecified atom stereocenters. The van der Waals surface area contributed by atoms with Gasteiger partial charge in [-0.2, -0.15) is 10.4 Å². The van der Waals surface area contributed by atoms with Gasteiger partial charge in [0.2, 0.25) is 0 Å². The Hall–Kier alpha value is -2.48. The third kappa shape index (κ3) is 2.33. The number of nitrogens with zero attached hydrogens (tertiary/aromatic N) is 3. The maximum Gasteiger partial charge on any atom is 0.142 e. The van der Waals surface area contributed by atoms with Crippen LogP contribution < -0.4 is 11.1 Å². The number of hydrogen-bond acceptors (Lipinski definition) is 4. The number of nitrogens with one attached hydrogen (secondary N) is 1. The zero-order valence-electron chi connectivity index (χ0n) is 12.3. The van der Waals surface area contributed by atoms with E-state index < -0.39 is 0 Å². The second-order valence-corrected chi connectivity index (χ2v) is 5.59. The molecule has 1 heterocycles. The van der Waals surface area contributed by atoms with Crippen LogP contribution in [-0.4, -0.2) is 9.78 Å². The van der Waals surface area contributed by atoms with Crippen molar-refractivity contribution in [2.24, 2.45) is 7.05 Å². The molecule has 1 aromatic carbocycles. The van der Waals surface area contributed by atoms with E-state index in [-0.39, 0.29) is 6.04 Å². The van der Waals surface area contributed by atoms with Crippen molar-refractivity contribution in [2.75, 3.05) is 11.1 Å². The second-order valence-electron chi connectivity index (χ2n) is 5.59. The number of aryl methyl sites for hydroxylation is 3. The van der Waals surface area contributed by atoms with Gasteiger partial charge < -0.3 is 11.1 Å². The van der Waals surface area contributed by atoms with Crippen LogP contribution in [0.2, 0.25) is 0 Å². The fourth-order valence-electron chi connectivity index (χ4n) is 3.11. The van der Waals surface area contributed by atoms with Crippen LogP contribution in [0.4, 0.5) is 11.5 Å². The van der Waals surface area contributed by atoms with Crippen LogP contribution in [0.1, 0.15) is 41.3 Å². The minimum absolute atomic E-state index is 0.205. The van der Waals surface area contributed by atoms with Crippen LogP contribution in [0, 0.1) is 18.3 Å². The molecular formula is C16H19N5. The first-order valence-corrected chi connectivity index (χ1v) is 7.18. The van der Waals surface area contributed by atoms with Crippen molar-refractivity contribution in [3.05, 3.63) is 40.6 Å². The van der Waals surface area contributed by atoms with Gasteiger partial charge in [-0.15, -0.1) is 0 Å². The highest BCUT2D eigenvalue weighted by atomic mass is 15.3. The number of aromatic nitrogens is 2. The number of rotatable bonds is 2. The SMILES string of the molecule is Cc1nn(C)c(NC2CCCc3cc(N)ccc32)c1C#N. The summed E-state index contributed by atoms with van der Waals surface area (Å²) < 4.78 is 1.75. The second kappa shape index (κ2) is 5.13. The maximum absolute atomic E-state index is 9.31. The zero-order valence-corrected chi connectivity index (χ0v) is 12.3. The van der Waals surface area contributed by atoms with Crippen LogP contribution in [0.3, 0.4) is 0 Å². The maximum atomic E-state index is 9.31. The molecule has 1 aliphatic carbocycles. The number of fused-ring (bicyclic) bond motifs is 1. The Labute approximate surface area is 124 Å². The number of nitriles is 1. The lowest BCUT2D eigenvalue weighted by atomic mass is 9.87. The van der Waals surface area contributed by atoms with E-state index in [0.717, 1.165) is 36.5 Å². The summed E-state index contributed by atoms with van der Waals surface area (Å²) in [5.74, 6) is 0.796. The third-order valence-electron chi connectivity index (χ3n) is 4.13. The molecule has 0 saturated heterocycles. The van der Waals surface area contributed by atoms with Crippen LogP contribution in [-0.2, 0) is 13.5 Å². The van der Waals surface area contributed by atoms with Gasteiger partial charge in [-0.3, -0.25) is 4.68 Å². The molecule has 5 nitrogen and oxygen atoms in total. The molecule has 2 aromatic rings. The molecule has 0 amide bonds. The number of hydrogen-bond donors (Lipinski definition) is 2. The summed E-state index contributed by atoms with van der Waals surface area (Å²) in [6.45, 7) is 1.86. The highest BCUT2D eigenvalue weighted by Crippen LogP contribution is 2.34. The van der Waals surface area contributed by atoms with Gasteiger partial charge >= 0.3 is 0 Å². The lowest BCUT2D eigenvalue weighted by molar-refractivity contribution is 0.592. The lowest BCUT2D eigenvalue weighted by Gasteiger charge is -2.27. The Morgan fingerprint density at radius 2 is 2.29 bits per heavy atom. The van der Waals surface area contributed by atoms with E-state index in [1.807, 2.05) is 20.0 Å². The Morgan fingerprint density at radius 3 is 3.05 bits per heavy atom. The molecule has 0 fully saturated rings. The van der Waals surface area contributed by atoms with Gasteiger partial charge in [-0.25, -0.2) is 0 Å². The van der Waals surface area contributed by atoms with Crippen LogP contribution in [0.25, 0.3) is 0 Å². The van der Waals surface area contributed by atoms with Crippen molar-refractivity contribution in [1.82, 2.24) is 9.78 Å². The monoisotopic (exact) mass is 281 g/mol. The van der Waals surface area contributed by atoms with Gasteiger partial charge in [0.15, 0.2) is 0 Å². The molecule has 0 radical (unpaired) electrons. The molecular weight excluding hydrogens is 262 g/mol. The molecule has 5 heteroatoms. The summed E-state index contributed by atoms with van der Waals surface area (Å²) in [5, 5.41) is 17.1. The predicted octanol–water partition coefficient (Wildman–Crippen LogP) is 2.67. The Kier molecular flexibility index (Phi) is 3.30. The quantitative estimate of drug-likeness (QED) is 0.829. The van der Waals surface area contributed by atoms with Gasteiger partial charge in [0.05, 0.1) is 11.7 Å². The summed E-state index contributed by atoms with van der Waals surface area (Å²) in [5.41, 5.74) is 10.6. The van der Waals surface area contributed by atoms with E-state index in [9.17, 15) is 5.26 Å². The van der Waals surface area contributed by atoms with Crippen LogP contribution in [0.5, 0.6) is 0 Å². The summed E-state index contributed by atoms with van der Waals surface area (Å²) >= 11 is 0. The average Bonchev–Trinajstić information content (AvgIpc) is 2.72. The summed E-state index contributed by atoms with van der Waals surface area (Å²) in [7, 11) is 1.86. The minimum atomic E-state index is 0.205. The highest BCUT2D eigenvalue weighted by molar-refractivity contribution is 5.57. The zero-order chi connectivity index (χ0) is 15.0. The normalized spacial score (nSPS) is 17.1. The molecule has 1 atom stereocenters. The molecule has 1 aromatic heterocycles. The van der Waals surface area contributed by atoms with Gasteiger partial charge in [0.25, 0.3) is 0 Å². The van der Waals surface area contributed by atoms with Crippen LogP contribution in [0.15, 0.2) is 18.2 Å². The minimum Gasteiger partial charge on any atom is -0.399 e. The number of nitrogens with two attached hydrogens (primary N) is 1. The number of nitrogen functional groups attached to an aromatic ring is 1. The fraction of sp³-hybridized carbons (Fsp3) is 0.375. The Morgan fingerprint density at radius 1 is 1.48 bits per heavy atom. The molecule has 0 spiro atoms. The van der Waals surface area contributed by atoms with Gasteiger partial charge in [0.1, 0.15) is 17.5 Å². The van der Waals surface area contributed by atoms with Crippen LogP contribution >= 0.6 is 0 Å². The molecule has 3 N–H and O–H groups in total. The van der Waals surface area contributed by atoms with Crippen molar-refractivity contribution < 1.29 is 0 Å². The summed E-state index contributed by atoms with van der Waals surface area (Å²) in [6, 6.07) is 8.54. The number of anilines is 2. The highest BCUT2D eigenvalue weighted by Gasteiger charge is 2.23. The molecule has 3 rings (SSSR count). The van der Waals surface area contributed by atoms with E-state index in [0.29, 0.717) is 5.56 Å². The Bertz CT molecular complexity index is 723. The van der Waals surface area contributed by atoms with E-state index in [1.165, 1.54) is 11.1 Å². The molecule has 21 heavy (non-hydrogen) atoms. The van der Waals surface area contributed by atoms with Gasteiger partial charge in [-0.1, -0.05) is 6.07 Å². The molecule has 0 bridgehead atoms. The summed E-state index contributed by atoms with van der Waals surface area (Å²) in [6.07, 6.45) is 3.23. The van der Waals surface area contributed by atoms with Crippen molar-refractivity contribution in [3.8, 4) is 6.07 Å². The predicted molar refractivity (Wildman–Crippen MR) is 82.8 cm³/mol. The fourth-order valence-corrected chi connectivity index (χ4v) is 3.11. The first-order chi connectivity index (χ1) is 10.1. The van der Waals surface area contributed by atoms with Crippen molar-refractivity contribution in [1.29, 1.82) is 5.26 Å². The lowest BCUT2D eigenvalue weighted by Crippen LogP contribution is -2.19. The topological polar surface area (TPSA) is 79.7 Å². The summed E-state index contributed by atoms with van der Waals surface area (Å²) in [4.78, 5) is 0. The smallest absolute Gasteiger partial charge is 0.142 e. The molecule has 1 aliphatic rings. The van der Waals surface area contributed by atoms with E-state index in [1.54, 1.807) is 4.68 Å². The number of benzene rings is 1. The largest absolute Gasteiger partial charge is 0.399 e. The standard InChI is InChI=1S/C16H19N5/c1-10-14(9-17)16(21(2)20-10)19-15-5-3-4-11-8-12(18)6-7-13(11)15/h6-8,15,19H,3-5,18H2,1-2H3. The van der Waals surface area contributed by atoms with Gasteiger partial charge in [0, 0.05) is 12.7 Å². The van der Waals surface area contributed by atoms with Crippen molar-refractivity contribution in [3.63, 3.8) is 0 Å². The first kappa shape index (κ1) is 13.5. The first-order valence-electron chi connectivity index (χ1n) is 7.18. The van der Waals surface area contributed by atoms with E-state index in [2.05, 4.69) is 28.6 Å². The third-order valence-corrected chi connectivity index (χ3v) is 4.13. The molecule has 0 saturated carbocycles. The van der Waals surface area contributed by atoms with Crippen molar-refractivity contribution in [2.45, 2.75) is 32.2 Å². The van der Waals surface area contributed by atoms with Gasteiger partial charge in [-0.05, 0) is 49.4 Å². The van der Waals surface area contributed by atoms with E-state index >= 15 is 0 Å². The Balaban J connectivity index is 1.96. The van der Waals surface area contributed by atoms with E-state index in [4.69, 9.17) is 5.73 Å². The molecule has 108 valence electrons. The average molecular weight is 281 g/mol. The molecule has 0 aliphatic heterocycles. The van der Waals surface area contributed by atoms with Crippen molar-refractivity contribution >= 4 is 11.5 Å².